The van der Waals surface area contributed by atoms with Gasteiger partial charge in [0.2, 0.25) is 11.9 Å². The highest BCUT2D eigenvalue weighted by Gasteiger charge is 2.20. The molecular formula is C25H24IN7O3. The molecule has 0 unspecified atom stereocenters. The van der Waals surface area contributed by atoms with Crippen molar-refractivity contribution in [1.82, 2.24) is 19.5 Å². The minimum Gasteiger partial charge on any atom is -0.494 e. The van der Waals surface area contributed by atoms with E-state index < -0.39 is 0 Å². The smallest absolute Gasteiger partial charge is 0.247 e. The normalized spacial score (nSPS) is 13.4. The highest BCUT2D eigenvalue weighted by Crippen LogP contribution is 2.38. The van der Waals surface area contributed by atoms with E-state index in [1.54, 1.807) is 19.6 Å². The number of benzene rings is 2. The van der Waals surface area contributed by atoms with Gasteiger partial charge in [-0.1, -0.05) is 6.58 Å². The van der Waals surface area contributed by atoms with Gasteiger partial charge in [0.05, 0.1) is 43.6 Å². The summed E-state index contributed by atoms with van der Waals surface area (Å²) in [4.78, 5) is 27.9. The lowest BCUT2D eigenvalue weighted by Crippen LogP contribution is -2.36. The first-order valence-corrected chi connectivity index (χ1v) is 12.3. The molecule has 1 fully saturated rings. The van der Waals surface area contributed by atoms with Crippen molar-refractivity contribution in [2.24, 2.45) is 0 Å². The van der Waals surface area contributed by atoms with Gasteiger partial charge in [0.15, 0.2) is 5.65 Å². The van der Waals surface area contributed by atoms with Crippen LogP contribution < -0.4 is 20.3 Å². The largest absolute Gasteiger partial charge is 0.494 e. The summed E-state index contributed by atoms with van der Waals surface area (Å²) in [5.41, 5.74) is 4.35. The van der Waals surface area contributed by atoms with Crippen LogP contribution in [0.25, 0.3) is 16.9 Å². The Hall–Kier alpha value is -3.71. The standard InChI is InChI=1S/C25H24IN7O3/c1-3-23(34)29-18-12-19(22(35-2)13-21(18)32-8-10-36-11-9-32)30-25-27-14-20-24(31-25)33(15-28-20)17-6-4-16(26)5-7-17/h3-7,12-15H,1,8-11H2,2H3,(H,29,34)(H,27,30,31). The molecule has 10 nitrogen and oxygen atoms in total. The van der Waals surface area contributed by atoms with Gasteiger partial charge in [0.25, 0.3) is 0 Å². The van der Waals surface area contributed by atoms with E-state index in [9.17, 15) is 4.79 Å². The number of nitrogens with one attached hydrogen (secondary N) is 2. The third kappa shape index (κ3) is 4.97. The van der Waals surface area contributed by atoms with Crippen LogP contribution in [0.2, 0.25) is 0 Å². The Bertz CT molecular complexity index is 1420. The maximum Gasteiger partial charge on any atom is 0.247 e. The van der Waals surface area contributed by atoms with Crippen molar-refractivity contribution in [3.8, 4) is 11.4 Å². The molecule has 4 aromatic rings. The molecule has 184 valence electrons. The first-order valence-electron chi connectivity index (χ1n) is 11.3. The Morgan fingerprint density at radius 2 is 1.94 bits per heavy atom. The number of anilines is 4. The fourth-order valence-corrected chi connectivity index (χ4v) is 4.33. The van der Waals surface area contributed by atoms with E-state index in [4.69, 9.17) is 14.5 Å². The van der Waals surface area contributed by atoms with E-state index in [1.165, 1.54) is 6.08 Å². The van der Waals surface area contributed by atoms with Gasteiger partial charge >= 0.3 is 0 Å². The number of fused-ring (bicyclic) bond motifs is 1. The molecule has 1 aliphatic rings. The molecule has 1 saturated heterocycles. The second-order valence-electron chi connectivity index (χ2n) is 7.98. The van der Waals surface area contributed by atoms with Gasteiger partial charge in [-0.15, -0.1) is 0 Å². The number of hydrogen-bond donors (Lipinski definition) is 2. The quantitative estimate of drug-likeness (QED) is 0.242. The fraction of sp³-hybridized carbons (Fsp3) is 0.200. The van der Waals surface area contributed by atoms with Crippen LogP contribution in [-0.2, 0) is 9.53 Å². The van der Waals surface area contributed by atoms with Crippen LogP contribution in [0.15, 0.2) is 61.6 Å². The first kappa shape index (κ1) is 24.0. The van der Waals surface area contributed by atoms with Crippen LogP contribution in [-0.4, -0.2) is 58.8 Å². The first-order chi connectivity index (χ1) is 17.6. The van der Waals surface area contributed by atoms with Crippen molar-refractivity contribution < 1.29 is 14.3 Å². The molecule has 5 rings (SSSR count). The van der Waals surface area contributed by atoms with Gasteiger partial charge < -0.3 is 25.0 Å². The summed E-state index contributed by atoms with van der Waals surface area (Å²) in [7, 11) is 1.60. The maximum absolute atomic E-state index is 12.2. The van der Waals surface area contributed by atoms with Crippen LogP contribution in [0.4, 0.5) is 23.0 Å². The molecule has 36 heavy (non-hydrogen) atoms. The Morgan fingerprint density at radius 1 is 1.17 bits per heavy atom. The average Bonchev–Trinajstić information content (AvgIpc) is 3.33. The van der Waals surface area contributed by atoms with Gasteiger partial charge in [-0.05, 0) is 59.0 Å². The summed E-state index contributed by atoms with van der Waals surface area (Å²) in [6.07, 6.45) is 4.64. The molecule has 2 aromatic carbocycles. The minimum atomic E-state index is -0.306. The van der Waals surface area contributed by atoms with Crippen molar-refractivity contribution in [3.05, 3.63) is 65.1 Å². The molecule has 0 aliphatic carbocycles. The van der Waals surface area contributed by atoms with Crippen LogP contribution in [0.5, 0.6) is 5.75 Å². The second kappa shape index (κ2) is 10.5. The molecule has 1 aliphatic heterocycles. The molecule has 0 bridgehead atoms. The topological polar surface area (TPSA) is 106 Å². The van der Waals surface area contributed by atoms with Crippen molar-refractivity contribution >= 4 is 62.7 Å². The summed E-state index contributed by atoms with van der Waals surface area (Å²) in [5, 5.41) is 6.15. The highest BCUT2D eigenvalue weighted by molar-refractivity contribution is 14.1. The number of hydrogen-bond acceptors (Lipinski definition) is 8. The number of rotatable bonds is 7. The van der Waals surface area contributed by atoms with E-state index in [-0.39, 0.29) is 5.91 Å². The summed E-state index contributed by atoms with van der Waals surface area (Å²) < 4.78 is 14.2. The molecule has 0 spiro atoms. The second-order valence-corrected chi connectivity index (χ2v) is 9.23. The van der Waals surface area contributed by atoms with Gasteiger partial charge in [0, 0.05) is 28.4 Å². The van der Waals surface area contributed by atoms with Gasteiger partial charge in [-0.3, -0.25) is 9.36 Å². The van der Waals surface area contributed by atoms with E-state index in [0.29, 0.717) is 60.5 Å². The van der Waals surface area contributed by atoms with Gasteiger partial charge in [0.1, 0.15) is 17.6 Å². The zero-order valence-electron chi connectivity index (χ0n) is 19.6. The van der Waals surface area contributed by atoms with Crippen LogP contribution >= 0.6 is 22.6 Å². The van der Waals surface area contributed by atoms with E-state index in [2.05, 4.69) is 54.7 Å². The number of morpholine rings is 1. The predicted molar refractivity (Wildman–Crippen MR) is 148 cm³/mol. The van der Waals surface area contributed by atoms with Gasteiger partial charge in [-0.2, -0.15) is 4.98 Å². The number of ether oxygens (including phenoxy) is 2. The average molecular weight is 597 g/mol. The Balaban J connectivity index is 1.52. The Labute approximate surface area is 221 Å². The van der Waals surface area contributed by atoms with E-state index in [1.807, 2.05) is 41.0 Å². The van der Waals surface area contributed by atoms with Gasteiger partial charge in [-0.25, -0.2) is 9.97 Å². The summed E-state index contributed by atoms with van der Waals surface area (Å²) in [6, 6.07) is 11.8. The highest BCUT2D eigenvalue weighted by atomic mass is 127. The van der Waals surface area contributed by atoms with E-state index in [0.717, 1.165) is 14.9 Å². The number of halogens is 1. The zero-order valence-corrected chi connectivity index (χ0v) is 21.7. The summed E-state index contributed by atoms with van der Waals surface area (Å²) in [6.45, 7) is 6.20. The molecule has 2 N–H and O–H groups in total. The molecule has 1 amide bonds. The molecule has 0 atom stereocenters. The number of aromatic nitrogens is 4. The predicted octanol–water partition coefficient (Wildman–Crippen LogP) is 4.13. The molecular weight excluding hydrogens is 573 g/mol. The Morgan fingerprint density at radius 3 is 2.67 bits per heavy atom. The van der Waals surface area contributed by atoms with Crippen LogP contribution in [0.3, 0.4) is 0 Å². The molecule has 0 radical (unpaired) electrons. The minimum absolute atomic E-state index is 0.306. The number of carbonyl (C=O) groups is 1. The number of amides is 1. The number of methoxy groups -OCH3 is 1. The van der Waals surface area contributed by atoms with Crippen LogP contribution in [0, 0.1) is 3.57 Å². The summed E-state index contributed by atoms with van der Waals surface area (Å²) in [5.74, 6) is 0.649. The molecule has 3 heterocycles. The van der Waals surface area contributed by atoms with Crippen molar-refractivity contribution in [2.45, 2.75) is 0 Å². The molecule has 0 saturated carbocycles. The Kier molecular flexibility index (Phi) is 7.00. The third-order valence-electron chi connectivity index (χ3n) is 5.75. The zero-order chi connectivity index (χ0) is 25.1. The lowest BCUT2D eigenvalue weighted by Gasteiger charge is -2.31. The monoisotopic (exact) mass is 597 g/mol. The van der Waals surface area contributed by atoms with Crippen molar-refractivity contribution in [1.29, 1.82) is 0 Å². The van der Waals surface area contributed by atoms with Crippen molar-refractivity contribution in [3.63, 3.8) is 0 Å². The van der Waals surface area contributed by atoms with Crippen LogP contribution in [0.1, 0.15) is 0 Å². The van der Waals surface area contributed by atoms with Crippen molar-refractivity contribution in [2.75, 3.05) is 48.9 Å². The number of imidazole rings is 1. The molecule has 2 aromatic heterocycles. The SMILES string of the molecule is C=CC(=O)Nc1cc(Nc2ncc3ncn(-c4ccc(I)cc4)c3n2)c(OC)cc1N1CCOCC1. The lowest BCUT2D eigenvalue weighted by molar-refractivity contribution is -0.111. The number of nitrogens with zero attached hydrogens (tertiary/aromatic N) is 5. The third-order valence-corrected chi connectivity index (χ3v) is 6.47. The molecule has 11 heteroatoms. The number of carbonyl (C=O) groups excluding carboxylic acids is 1. The maximum atomic E-state index is 12.2. The fourth-order valence-electron chi connectivity index (χ4n) is 3.97. The van der Waals surface area contributed by atoms with E-state index >= 15 is 0 Å². The lowest BCUT2D eigenvalue weighted by atomic mass is 10.1. The summed E-state index contributed by atoms with van der Waals surface area (Å²) >= 11 is 2.27.